The van der Waals surface area contributed by atoms with Crippen LogP contribution in [0.2, 0.25) is 0 Å². The van der Waals surface area contributed by atoms with Gasteiger partial charge in [0.25, 0.3) is 0 Å². The SMILES string of the molecule is NC1C=CC(C(=O)NCCCn2cnc3ccccc32)C1. The molecule has 21 heavy (non-hydrogen) atoms. The summed E-state index contributed by atoms with van der Waals surface area (Å²) < 4.78 is 2.12. The van der Waals surface area contributed by atoms with Crippen LogP contribution in [0.5, 0.6) is 0 Å². The summed E-state index contributed by atoms with van der Waals surface area (Å²) in [4.78, 5) is 16.3. The molecular formula is C16H20N4O. The van der Waals surface area contributed by atoms with Crippen molar-refractivity contribution in [1.29, 1.82) is 0 Å². The van der Waals surface area contributed by atoms with E-state index in [0.717, 1.165) is 30.4 Å². The number of nitrogens with two attached hydrogens (primary N) is 1. The number of imidazole rings is 1. The van der Waals surface area contributed by atoms with Gasteiger partial charge in [-0.15, -0.1) is 0 Å². The summed E-state index contributed by atoms with van der Waals surface area (Å²) in [5.74, 6) is 0.0174. The molecule has 0 spiro atoms. The minimum Gasteiger partial charge on any atom is -0.356 e. The first-order chi connectivity index (χ1) is 10.2. The van der Waals surface area contributed by atoms with E-state index in [1.807, 2.05) is 36.7 Å². The molecule has 0 saturated heterocycles. The van der Waals surface area contributed by atoms with Gasteiger partial charge < -0.3 is 15.6 Å². The van der Waals surface area contributed by atoms with Crippen LogP contribution in [0.4, 0.5) is 0 Å². The Hall–Kier alpha value is -2.14. The molecule has 2 unspecified atom stereocenters. The van der Waals surface area contributed by atoms with E-state index in [1.54, 1.807) is 0 Å². The molecule has 3 rings (SSSR count). The molecule has 2 aromatic rings. The second-order valence-corrected chi connectivity index (χ2v) is 5.46. The maximum atomic E-state index is 11.9. The molecule has 1 amide bonds. The Morgan fingerprint density at radius 3 is 3.05 bits per heavy atom. The lowest BCUT2D eigenvalue weighted by molar-refractivity contribution is -0.123. The first-order valence-electron chi connectivity index (χ1n) is 7.35. The third kappa shape index (κ3) is 3.13. The summed E-state index contributed by atoms with van der Waals surface area (Å²) >= 11 is 0. The van der Waals surface area contributed by atoms with Crippen molar-refractivity contribution in [3.8, 4) is 0 Å². The van der Waals surface area contributed by atoms with Crippen LogP contribution in [-0.2, 0) is 11.3 Å². The van der Waals surface area contributed by atoms with E-state index in [9.17, 15) is 4.79 Å². The Morgan fingerprint density at radius 2 is 2.24 bits per heavy atom. The van der Waals surface area contributed by atoms with E-state index >= 15 is 0 Å². The lowest BCUT2D eigenvalue weighted by Crippen LogP contribution is -2.31. The normalized spacial score (nSPS) is 21.0. The van der Waals surface area contributed by atoms with Gasteiger partial charge in [-0.3, -0.25) is 4.79 Å². The maximum Gasteiger partial charge on any atom is 0.226 e. The fraction of sp³-hybridized carbons (Fsp3) is 0.375. The third-order valence-electron chi connectivity index (χ3n) is 3.86. The lowest BCUT2D eigenvalue weighted by atomic mass is 10.1. The highest BCUT2D eigenvalue weighted by Gasteiger charge is 2.21. The Kier molecular flexibility index (Phi) is 4.01. The molecule has 5 nitrogen and oxygen atoms in total. The van der Waals surface area contributed by atoms with Crippen LogP contribution in [-0.4, -0.2) is 28.0 Å². The van der Waals surface area contributed by atoms with Gasteiger partial charge in [0.15, 0.2) is 0 Å². The van der Waals surface area contributed by atoms with Gasteiger partial charge in [0, 0.05) is 19.1 Å². The molecule has 5 heteroatoms. The fourth-order valence-electron chi connectivity index (χ4n) is 2.70. The van der Waals surface area contributed by atoms with Crippen molar-refractivity contribution >= 4 is 16.9 Å². The van der Waals surface area contributed by atoms with Crippen LogP contribution in [0.3, 0.4) is 0 Å². The zero-order chi connectivity index (χ0) is 14.7. The van der Waals surface area contributed by atoms with Crippen molar-refractivity contribution in [2.45, 2.75) is 25.4 Å². The largest absolute Gasteiger partial charge is 0.356 e. The maximum absolute atomic E-state index is 11.9. The second-order valence-electron chi connectivity index (χ2n) is 5.46. The number of carbonyl (C=O) groups excluding carboxylic acids is 1. The van der Waals surface area contributed by atoms with Gasteiger partial charge in [-0.25, -0.2) is 4.98 Å². The smallest absolute Gasteiger partial charge is 0.226 e. The van der Waals surface area contributed by atoms with Gasteiger partial charge in [-0.05, 0) is 25.0 Å². The molecule has 0 aliphatic heterocycles. The molecule has 0 bridgehead atoms. The molecule has 1 aromatic carbocycles. The second kappa shape index (κ2) is 6.10. The van der Waals surface area contributed by atoms with E-state index in [-0.39, 0.29) is 17.9 Å². The van der Waals surface area contributed by atoms with E-state index in [4.69, 9.17) is 5.73 Å². The molecule has 1 aromatic heterocycles. The molecule has 1 aliphatic carbocycles. The number of nitrogens with zero attached hydrogens (tertiary/aromatic N) is 2. The topological polar surface area (TPSA) is 72.9 Å². The number of benzene rings is 1. The van der Waals surface area contributed by atoms with Crippen LogP contribution in [0.25, 0.3) is 11.0 Å². The van der Waals surface area contributed by atoms with Gasteiger partial charge in [-0.2, -0.15) is 0 Å². The molecule has 0 radical (unpaired) electrons. The highest BCUT2D eigenvalue weighted by molar-refractivity contribution is 5.81. The average Bonchev–Trinajstić information content (AvgIpc) is 3.10. The number of para-hydroxylation sites is 2. The van der Waals surface area contributed by atoms with E-state index in [1.165, 1.54) is 0 Å². The van der Waals surface area contributed by atoms with Crippen LogP contribution >= 0.6 is 0 Å². The van der Waals surface area contributed by atoms with Crippen molar-refractivity contribution in [2.24, 2.45) is 11.7 Å². The predicted octanol–water partition coefficient (Wildman–Crippen LogP) is 1.45. The van der Waals surface area contributed by atoms with Crippen molar-refractivity contribution in [3.05, 3.63) is 42.7 Å². The number of amides is 1. The summed E-state index contributed by atoms with van der Waals surface area (Å²) in [6.07, 6.45) is 7.27. The molecule has 1 aliphatic rings. The number of fused-ring (bicyclic) bond motifs is 1. The summed E-state index contributed by atoms with van der Waals surface area (Å²) in [7, 11) is 0. The zero-order valence-corrected chi connectivity index (χ0v) is 11.9. The number of hydrogen-bond donors (Lipinski definition) is 2. The van der Waals surface area contributed by atoms with E-state index in [0.29, 0.717) is 6.54 Å². The van der Waals surface area contributed by atoms with Crippen molar-refractivity contribution in [1.82, 2.24) is 14.9 Å². The summed E-state index contributed by atoms with van der Waals surface area (Å²) in [5, 5.41) is 2.98. The number of rotatable bonds is 5. The summed E-state index contributed by atoms with van der Waals surface area (Å²) in [6.45, 7) is 1.52. The van der Waals surface area contributed by atoms with Gasteiger partial charge in [0.05, 0.1) is 23.3 Å². The predicted molar refractivity (Wildman–Crippen MR) is 82.6 cm³/mol. The van der Waals surface area contributed by atoms with Crippen molar-refractivity contribution < 1.29 is 4.79 Å². The summed E-state index contributed by atoms with van der Waals surface area (Å²) in [5.41, 5.74) is 7.90. The Bertz CT molecular complexity index is 661. The van der Waals surface area contributed by atoms with Crippen LogP contribution < -0.4 is 11.1 Å². The quantitative estimate of drug-likeness (QED) is 0.644. The number of hydrogen-bond acceptors (Lipinski definition) is 3. The lowest BCUT2D eigenvalue weighted by Gasteiger charge is -2.10. The highest BCUT2D eigenvalue weighted by atomic mass is 16.1. The third-order valence-corrected chi connectivity index (χ3v) is 3.86. The Morgan fingerprint density at radius 1 is 1.38 bits per heavy atom. The first-order valence-corrected chi connectivity index (χ1v) is 7.35. The van der Waals surface area contributed by atoms with E-state index < -0.39 is 0 Å². The van der Waals surface area contributed by atoms with Crippen LogP contribution in [0, 0.1) is 5.92 Å². The van der Waals surface area contributed by atoms with Crippen molar-refractivity contribution in [2.75, 3.05) is 6.54 Å². The van der Waals surface area contributed by atoms with Gasteiger partial charge in [-0.1, -0.05) is 24.3 Å². The van der Waals surface area contributed by atoms with Gasteiger partial charge in [0.1, 0.15) is 0 Å². The average molecular weight is 284 g/mol. The number of aryl methyl sites for hydroxylation is 1. The van der Waals surface area contributed by atoms with Crippen molar-refractivity contribution in [3.63, 3.8) is 0 Å². The Labute approximate surface area is 123 Å². The summed E-state index contributed by atoms with van der Waals surface area (Å²) in [6, 6.07) is 8.09. The Balaban J connectivity index is 1.46. The van der Waals surface area contributed by atoms with Gasteiger partial charge >= 0.3 is 0 Å². The minimum absolute atomic E-state index is 0.0260. The molecule has 3 N–H and O–H groups in total. The first kappa shape index (κ1) is 13.8. The molecule has 0 saturated carbocycles. The molecular weight excluding hydrogens is 264 g/mol. The number of carbonyl (C=O) groups is 1. The number of nitrogens with one attached hydrogen (secondary N) is 1. The van der Waals surface area contributed by atoms with Crippen LogP contribution in [0.15, 0.2) is 42.7 Å². The van der Waals surface area contributed by atoms with Crippen LogP contribution in [0.1, 0.15) is 12.8 Å². The molecule has 1 heterocycles. The molecule has 2 atom stereocenters. The zero-order valence-electron chi connectivity index (χ0n) is 11.9. The van der Waals surface area contributed by atoms with Gasteiger partial charge in [0.2, 0.25) is 5.91 Å². The fourth-order valence-corrected chi connectivity index (χ4v) is 2.70. The minimum atomic E-state index is -0.0610. The molecule has 0 fully saturated rings. The highest BCUT2D eigenvalue weighted by Crippen LogP contribution is 2.16. The molecule has 110 valence electrons. The monoisotopic (exact) mass is 284 g/mol. The van der Waals surface area contributed by atoms with E-state index in [2.05, 4.69) is 20.9 Å². The number of aromatic nitrogens is 2. The standard InChI is InChI=1S/C16H20N4O/c17-13-7-6-12(10-13)16(21)18-8-3-9-20-11-19-14-4-1-2-5-15(14)20/h1-2,4-7,11-13H,3,8-10,17H2,(H,18,21).